The summed E-state index contributed by atoms with van der Waals surface area (Å²) in [5, 5.41) is 1.35. The molecule has 0 aliphatic rings. The highest BCUT2D eigenvalue weighted by molar-refractivity contribution is 6.13. The van der Waals surface area contributed by atoms with E-state index in [1.54, 1.807) is 6.07 Å². The van der Waals surface area contributed by atoms with Gasteiger partial charge in [0.25, 0.3) is 0 Å². The van der Waals surface area contributed by atoms with E-state index >= 15 is 4.39 Å². The van der Waals surface area contributed by atoms with Gasteiger partial charge in [-0.1, -0.05) is 57.2 Å². The third kappa shape index (κ3) is 3.82. The molecule has 0 atom stereocenters. The molecule has 0 aliphatic heterocycles. The average molecular weight is 439 g/mol. The van der Waals surface area contributed by atoms with Gasteiger partial charge in [-0.05, 0) is 53.6 Å². The fraction of sp³-hybridized carbons (Fsp3) is 0.233. The van der Waals surface area contributed by atoms with E-state index in [4.69, 9.17) is 4.42 Å². The molecule has 0 saturated heterocycles. The molecular weight excluding hydrogens is 409 g/mol. The van der Waals surface area contributed by atoms with Crippen molar-refractivity contribution in [2.45, 2.75) is 34.1 Å². The molecule has 0 aliphatic carbocycles. The van der Waals surface area contributed by atoms with Crippen LogP contribution in [-0.4, -0.2) is 0 Å². The Morgan fingerprint density at radius 1 is 0.879 bits per heavy atom. The largest absolute Gasteiger partial charge is 0.454 e. The Hall–Kier alpha value is -3.46. The fourth-order valence-corrected chi connectivity index (χ4v) is 4.74. The van der Waals surface area contributed by atoms with Crippen LogP contribution in [0.25, 0.3) is 44.3 Å². The number of aryl methyl sites for hydroxylation is 2. The SMILES string of the molecule is Cc1ccc2c(oc3c(-c4ccc(CC(C)(C)C)cc4)ccc(F)c32)c1-c1cccc[n+]1C. The highest BCUT2D eigenvalue weighted by Crippen LogP contribution is 2.41. The Labute approximate surface area is 194 Å². The normalized spacial score (nSPS) is 12.1. The fourth-order valence-electron chi connectivity index (χ4n) is 4.74. The molecule has 0 unspecified atom stereocenters. The molecule has 0 saturated carbocycles. The van der Waals surface area contributed by atoms with Crippen LogP contribution in [-0.2, 0) is 13.5 Å². The number of furan rings is 1. The van der Waals surface area contributed by atoms with Gasteiger partial charge in [-0.15, -0.1) is 0 Å². The number of aromatic nitrogens is 1. The molecule has 5 rings (SSSR count). The van der Waals surface area contributed by atoms with Gasteiger partial charge in [0.05, 0.1) is 10.9 Å². The number of hydrogen-bond acceptors (Lipinski definition) is 1. The van der Waals surface area contributed by atoms with Gasteiger partial charge in [-0.3, -0.25) is 0 Å². The first-order chi connectivity index (χ1) is 15.7. The van der Waals surface area contributed by atoms with Crippen molar-refractivity contribution in [1.29, 1.82) is 0 Å². The van der Waals surface area contributed by atoms with E-state index in [9.17, 15) is 0 Å². The smallest absolute Gasteiger partial charge is 0.216 e. The summed E-state index contributed by atoms with van der Waals surface area (Å²) >= 11 is 0. The molecule has 166 valence electrons. The van der Waals surface area contributed by atoms with Gasteiger partial charge in [-0.25, -0.2) is 8.96 Å². The van der Waals surface area contributed by atoms with Crippen LogP contribution in [0.3, 0.4) is 0 Å². The minimum absolute atomic E-state index is 0.227. The summed E-state index contributed by atoms with van der Waals surface area (Å²) in [5.41, 5.74) is 7.91. The number of benzene rings is 3. The Morgan fingerprint density at radius 2 is 1.64 bits per heavy atom. The zero-order valence-electron chi connectivity index (χ0n) is 19.9. The molecule has 0 radical (unpaired) electrons. The van der Waals surface area contributed by atoms with Gasteiger partial charge >= 0.3 is 0 Å². The lowest BCUT2D eigenvalue weighted by molar-refractivity contribution is -0.660. The Balaban J connectivity index is 1.74. The van der Waals surface area contributed by atoms with Gasteiger partial charge in [0.15, 0.2) is 6.20 Å². The molecule has 2 nitrogen and oxygen atoms in total. The van der Waals surface area contributed by atoms with E-state index in [-0.39, 0.29) is 11.2 Å². The standard InChI is InChI=1S/C30H29FNO/c1-19-9-14-23-27-24(31)16-15-22(21-12-10-20(11-13-21)18-30(2,3)4)28(27)33-29(23)26(19)25-8-6-7-17-32(25)5/h6-17H,18H2,1-5H3/q+1. The van der Waals surface area contributed by atoms with Crippen LogP contribution in [0.2, 0.25) is 0 Å². The van der Waals surface area contributed by atoms with Crippen LogP contribution in [0.1, 0.15) is 31.9 Å². The molecule has 33 heavy (non-hydrogen) atoms. The lowest BCUT2D eigenvalue weighted by Gasteiger charge is -2.18. The maximum absolute atomic E-state index is 15.1. The van der Waals surface area contributed by atoms with Crippen molar-refractivity contribution >= 4 is 21.9 Å². The van der Waals surface area contributed by atoms with Crippen molar-refractivity contribution in [2.75, 3.05) is 0 Å². The Bertz CT molecular complexity index is 1490. The van der Waals surface area contributed by atoms with E-state index in [2.05, 4.69) is 62.6 Å². The topological polar surface area (TPSA) is 17.0 Å². The quantitative estimate of drug-likeness (QED) is 0.263. The summed E-state index contributed by atoms with van der Waals surface area (Å²) in [7, 11) is 2.02. The number of nitrogens with zero attached hydrogens (tertiary/aromatic N) is 1. The highest BCUT2D eigenvalue weighted by atomic mass is 19.1. The second-order valence-corrected chi connectivity index (χ2v) is 10.2. The number of fused-ring (bicyclic) bond motifs is 3. The van der Waals surface area contributed by atoms with Crippen molar-refractivity contribution in [3.05, 3.63) is 89.9 Å². The second kappa shape index (κ2) is 7.84. The summed E-state index contributed by atoms with van der Waals surface area (Å²) < 4.78 is 23.7. The lowest BCUT2D eigenvalue weighted by atomic mass is 9.87. The number of hydrogen-bond donors (Lipinski definition) is 0. The molecule has 5 aromatic rings. The Kier molecular flexibility index (Phi) is 5.08. The van der Waals surface area contributed by atoms with E-state index in [0.717, 1.165) is 45.3 Å². The lowest BCUT2D eigenvalue weighted by Crippen LogP contribution is -2.30. The van der Waals surface area contributed by atoms with Crippen molar-refractivity contribution in [3.63, 3.8) is 0 Å². The summed E-state index contributed by atoms with van der Waals surface area (Å²) in [6.07, 6.45) is 3.02. The summed E-state index contributed by atoms with van der Waals surface area (Å²) in [6, 6.07) is 22.0. The molecule has 0 spiro atoms. The number of pyridine rings is 1. The summed E-state index contributed by atoms with van der Waals surface area (Å²) in [4.78, 5) is 0. The predicted molar refractivity (Wildman–Crippen MR) is 134 cm³/mol. The van der Waals surface area contributed by atoms with Crippen molar-refractivity contribution < 1.29 is 13.4 Å². The molecule has 3 heteroatoms. The van der Waals surface area contributed by atoms with Gasteiger partial charge in [0, 0.05) is 23.1 Å². The first kappa shape index (κ1) is 21.4. The van der Waals surface area contributed by atoms with Crippen molar-refractivity contribution in [3.8, 4) is 22.4 Å². The van der Waals surface area contributed by atoms with Crippen LogP contribution >= 0.6 is 0 Å². The zero-order chi connectivity index (χ0) is 23.3. The van der Waals surface area contributed by atoms with E-state index in [1.807, 2.05) is 43.6 Å². The molecule has 2 heterocycles. The monoisotopic (exact) mass is 438 g/mol. The third-order valence-electron chi connectivity index (χ3n) is 6.26. The first-order valence-corrected chi connectivity index (χ1v) is 11.4. The minimum atomic E-state index is -0.260. The third-order valence-corrected chi connectivity index (χ3v) is 6.26. The Morgan fingerprint density at radius 3 is 2.33 bits per heavy atom. The molecule has 0 amide bonds. The predicted octanol–water partition coefficient (Wildman–Crippen LogP) is 7.78. The van der Waals surface area contributed by atoms with Crippen LogP contribution in [0.15, 0.2) is 77.3 Å². The van der Waals surface area contributed by atoms with Crippen molar-refractivity contribution in [2.24, 2.45) is 12.5 Å². The highest BCUT2D eigenvalue weighted by Gasteiger charge is 2.23. The van der Waals surface area contributed by atoms with E-state index in [0.29, 0.717) is 11.0 Å². The molecule has 0 fully saturated rings. The van der Waals surface area contributed by atoms with Crippen LogP contribution in [0.5, 0.6) is 0 Å². The number of rotatable bonds is 3. The molecule has 3 aromatic carbocycles. The van der Waals surface area contributed by atoms with E-state index < -0.39 is 0 Å². The molecule has 0 bridgehead atoms. The molecular formula is C30H29FNO+. The molecule has 2 aromatic heterocycles. The van der Waals surface area contributed by atoms with Crippen LogP contribution < -0.4 is 4.57 Å². The second-order valence-electron chi connectivity index (χ2n) is 10.2. The minimum Gasteiger partial charge on any atom is -0.454 e. The molecule has 0 N–H and O–H groups in total. The maximum Gasteiger partial charge on any atom is 0.216 e. The summed E-state index contributed by atoms with van der Waals surface area (Å²) in [5.74, 6) is -0.260. The van der Waals surface area contributed by atoms with Gasteiger partial charge < -0.3 is 4.42 Å². The average Bonchev–Trinajstić information content (AvgIpc) is 3.15. The maximum atomic E-state index is 15.1. The number of halogens is 1. The summed E-state index contributed by atoms with van der Waals surface area (Å²) in [6.45, 7) is 8.79. The van der Waals surface area contributed by atoms with Gasteiger partial charge in [0.1, 0.15) is 24.0 Å². The first-order valence-electron chi connectivity index (χ1n) is 11.4. The van der Waals surface area contributed by atoms with Crippen LogP contribution in [0, 0.1) is 18.2 Å². The van der Waals surface area contributed by atoms with Crippen LogP contribution in [0.4, 0.5) is 4.39 Å². The van der Waals surface area contributed by atoms with Gasteiger partial charge in [0.2, 0.25) is 5.69 Å². The zero-order valence-corrected chi connectivity index (χ0v) is 19.9. The van der Waals surface area contributed by atoms with E-state index in [1.165, 1.54) is 5.56 Å². The van der Waals surface area contributed by atoms with Crippen molar-refractivity contribution in [1.82, 2.24) is 0 Å². The van der Waals surface area contributed by atoms with Gasteiger partial charge in [-0.2, -0.15) is 0 Å².